The summed E-state index contributed by atoms with van der Waals surface area (Å²) in [5.74, 6) is -0.244. The molecule has 2 atom stereocenters. The van der Waals surface area contributed by atoms with Gasteiger partial charge in [0.1, 0.15) is 12.7 Å². The first-order valence-corrected chi connectivity index (χ1v) is 9.30. The molecule has 140 valence electrons. The van der Waals surface area contributed by atoms with Crippen molar-refractivity contribution in [1.82, 2.24) is 4.90 Å². The summed E-state index contributed by atoms with van der Waals surface area (Å²) in [6.07, 6.45) is 2.85. The second-order valence-corrected chi connectivity index (χ2v) is 6.84. The van der Waals surface area contributed by atoms with Crippen molar-refractivity contribution in [3.63, 3.8) is 0 Å². The summed E-state index contributed by atoms with van der Waals surface area (Å²) in [5.41, 5.74) is 2.49. The van der Waals surface area contributed by atoms with E-state index in [0.717, 1.165) is 39.0 Å². The number of rotatable bonds is 10. The monoisotopic (exact) mass is 349 g/mol. The highest BCUT2D eigenvalue weighted by Gasteiger charge is 2.22. The number of aliphatic hydroxyl groups is 1. The maximum atomic E-state index is 11.5. The lowest BCUT2D eigenvalue weighted by molar-refractivity contribution is -0.147. The van der Waals surface area contributed by atoms with Gasteiger partial charge in [0.15, 0.2) is 0 Å². The van der Waals surface area contributed by atoms with Gasteiger partial charge in [0.05, 0.1) is 6.10 Å². The Hall–Kier alpha value is -1.43. The van der Waals surface area contributed by atoms with Crippen LogP contribution in [0.2, 0.25) is 0 Å². The van der Waals surface area contributed by atoms with Gasteiger partial charge >= 0.3 is 5.97 Å². The average Bonchev–Trinajstić information content (AvgIpc) is 3.08. The molecule has 0 amide bonds. The van der Waals surface area contributed by atoms with Gasteiger partial charge in [0, 0.05) is 32.7 Å². The first-order valence-electron chi connectivity index (χ1n) is 9.30. The summed E-state index contributed by atoms with van der Waals surface area (Å²) in [6, 6.07) is 8.29. The van der Waals surface area contributed by atoms with Crippen molar-refractivity contribution in [3.8, 4) is 0 Å². The van der Waals surface area contributed by atoms with Gasteiger partial charge in [-0.15, -0.1) is 0 Å². The molecule has 1 heterocycles. The van der Waals surface area contributed by atoms with E-state index in [2.05, 4.69) is 24.0 Å². The van der Waals surface area contributed by atoms with Crippen molar-refractivity contribution < 1.29 is 19.4 Å². The van der Waals surface area contributed by atoms with Crippen molar-refractivity contribution >= 4 is 5.97 Å². The van der Waals surface area contributed by atoms with E-state index in [1.807, 2.05) is 19.1 Å². The molecule has 25 heavy (non-hydrogen) atoms. The molecule has 1 aromatic carbocycles. The van der Waals surface area contributed by atoms with Gasteiger partial charge in [-0.2, -0.15) is 0 Å². The van der Waals surface area contributed by atoms with Gasteiger partial charge in [0.25, 0.3) is 0 Å². The number of benzene rings is 1. The van der Waals surface area contributed by atoms with Gasteiger partial charge < -0.3 is 14.6 Å². The smallest absolute Gasteiger partial charge is 0.305 e. The lowest BCUT2D eigenvalue weighted by Crippen LogP contribution is -2.39. The van der Waals surface area contributed by atoms with E-state index in [1.165, 1.54) is 11.1 Å². The zero-order valence-electron chi connectivity index (χ0n) is 15.4. The predicted octanol–water partition coefficient (Wildman–Crippen LogP) is 2.68. The lowest BCUT2D eigenvalue weighted by Gasteiger charge is -2.28. The average molecular weight is 349 g/mol. The van der Waals surface area contributed by atoms with Crippen LogP contribution in [-0.4, -0.2) is 54.5 Å². The SMILES string of the molecule is CCCC(=O)OCC(O)CN(Cc1ccccc1C)CC1CCCO1. The summed E-state index contributed by atoms with van der Waals surface area (Å²) < 4.78 is 10.9. The van der Waals surface area contributed by atoms with Crippen molar-refractivity contribution in [2.75, 3.05) is 26.3 Å². The van der Waals surface area contributed by atoms with Crippen LogP contribution in [0.4, 0.5) is 0 Å². The van der Waals surface area contributed by atoms with E-state index >= 15 is 0 Å². The Balaban J connectivity index is 1.91. The Bertz CT molecular complexity index is 528. The second-order valence-electron chi connectivity index (χ2n) is 6.84. The van der Waals surface area contributed by atoms with Crippen LogP contribution in [0.3, 0.4) is 0 Å². The number of hydrogen-bond donors (Lipinski definition) is 1. The molecule has 0 bridgehead atoms. The molecule has 5 heteroatoms. The first kappa shape index (κ1) is 19.9. The molecular weight excluding hydrogens is 318 g/mol. The highest BCUT2D eigenvalue weighted by atomic mass is 16.5. The second kappa shape index (κ2) is 10.5. The number of carbonyl (C=O) groups excluding carboxylic acids is 1. The van der Waals surface area contributed by atoms with Gasteiger partial charge in [-0.1, -0.05) is 31.2 Å². The van der Waals surface area contributed by atoms with E-state index in [1.54, 1.807) is 0 Å². The molecule has 1 fully saturated rings. The van der Waals surface area contributed by atoms with E-state index in [9.17, 15) is 9.90 Å². The molecule has 1 aliphatic rings. The van der Waals surface area contributed by atoms with Gasteiger partial charge in [0.2, 0.25) is 0 Å². The van der Waals surface area contributed by atoms with E-state index in [0.29, 0.717) is 13.0 Å². The fraction of sp³-hybridized carbons (Fsp3) is 0.650. The molecule has 5 nitrogen and oxygen atoms in total. The third-order valence-electron chi connectivity index (χ3n) is 4.50. The Morgan fingerprint density at radius 3 is 2.92 bits per heavy atom. The topological polar surface area (TPSA) is 59.0 Å². The molecule has 1 aromatic rings. The molecule has 0 aliphatic carbocycles. The van der Waals surface area contributed by atoms with E-state index < -0.39 is 6.10 Å². The van der Waals surface area contributed by atoms with E-state index in [-0.39, 0.29) is 18.7 Å². The van der Waals surface area contributed by atoms with Crippen LogP contribution in [-0.2, 0) is 20.8 Å². The summed E-state index contributed by atoms with van der Waals surface area (Å²) in [4.78, 5) is 13.7. The highest BCUT2D eigenvalue weighted by Crippen LogP contribution is 2.17. The fourth-order valence-electron chi connectivity index (χ4n) is 3.12. The molecular formula is C20H31NO4. The summed E-state index contributed by atoms with van der Waals surface area (Å²) in [7, 11) is 0. The largest absolute Gasteiger partial charge is 0.463 e. The Kier molecular flexibility index (Phi) is 8.38. The fourth-order valence-corrected chi connectivity index (χ4v) is 3.12. The number of nitrogens with zero attached hydrogens (tertiary/aromatic N) is 1. The number of aryl methyl sites for hydroxylation is 1. The van der Waals surface area contributed by atoms with Crippen molar-refractivity contribution in [2.24, 2.45) is 0 Å². The minimum Gasteiger partial charge on any atom is -0.463 e. The lowest BCUT2D eigenvalue weighted by atomic mass is 10.1. The Morgan fingerprint density at radius 2 is 2.24 bits per heavy atom. The molecule has 1 N–H and O–H groups in total. The molecule has 0 saturated carbocycles. The van der Waals surface area contributed by atoms with Crippen molar-refractivity contribution in [3.05, 3.63) is 35.4 Å². The van der Waals surface area contributed by atoms with Gasteiger partial charge in [-0.25, -0.2) is 0 Å². The number of esters is 1. The van der Waals surface area contributed by atoms with Crippen LogP contribution in [0.15, 0.2) is 24.3 Å². The number of hydrogen-bond acceptors (Lipinski definition) is 5. The number of carbonyl (C=O) groups is 1. The highest BCUT2D eigenvalue weighted by molar-refractivity contribution is 5.69. The maximum Gasteiger partial charge on any atom is 0.305 e. The molecule has 0 radical (unpaired) electrons. The van der Waals surface area contributed by atoms with Crippen molar-refractivity contribution in [1.29, 1.82) is 0 Å². The van der Waals surface area contributed by atoms with Crippen LogP contribution < -0.4 is 0 Å². The molecule has 2 rings (SSSR count). The van der Waals surface area contributed by atoms with Crippen LogP contribution >= 0.6 is 0 Å². The number of ether oxygens (including phenoxy) is 2. The molecule has 2 unspecified atom stereocenters. The standard InChI is InChI=1S/C20H31NO4/c1-3-7-20(23)25-15-18(22)13-21(14-19-10-6-11-24-19)12-17-9-5-4-8-16(17)2/h4-5,8-9,18-19,22H,3,6-7,10-15H2,1-2H3. The quantitative estimate of drug-likeness (QED) is 0.658. The third-order valence-corrected chi connectivity index (χ3v) is 4.50. The Morgan fingerprint density at radius 1 is 1.44 bits per heavy atom. The maximum absolute atomic E-state index is 11.5. The molecule has 0 aromatic heterocycles. The van der Waals surface area contributed by atoms with Gasteiger partial charge in [-0.05, 0) is 37.3 Å². The zero-order chi connectivity index (χ0) is 18.1. The third kappa shape index (κ3) is 7.14. The minimum absolute atomic E-state index is 0.0502. The molecule has 1 saturated heterocycles. The van der Waals surface area contributed by atoms with Gasteiger partial charge in [-0.3, -0.25) is 9.69 Å². The van der Waals surface area contributed by atoms with Crippen LogP contribution in [0.5, 0.6) is 0 Å². The molecule has 1 aliphatic heterocycles. The normalized spacial score (nSPS) is 18.5. The van der Waals surface area contributed by atoms with Crippen LogP contribution in [0, 0.1) is 6.92 Å². The predicted molar refractivity (Wildman–Crippen MR) is 97.3 cm³/mol. The summed E-state index contributed by atoms with van der Waals surface area (Å²) in [5, 5.41) is 10.3. The Labute approximate surface area is 150 Å². The van der Waals surface area contributed by atoms with E-state index in [4.69, 9.17) is 9.47 Å². The summed E-state index contributed by atoms with van der Waals surface area (Å²) in [6.45, 7) is 6.91. The van der Waals surface area contributed by atoms with Crippen LogP contribution in [0.25, 0.3) is 0 Å². The molecule has 0 spiro atoms. The number of aliphatic hydroxyl groups excluding tert-OH is 1. The zero-order valence-corrected chi connectivity index (χ0v) is 15.4. The van der Waals surface area contributed by atoms with Crippen molar-refractivity contribution in [2.45, 2.75) is 58.3 Å². The summed E-state index contributed by atoms with van der Waals surface area (Å²) >= 11 is 0. The first-order chi connectivity index (χ1) is 12.1. The minimum atomic E-state index is -0.689. The van der Waals surface area contributed by atoms with Crippen LogP contribution in [0.1, 0.15) is 43.7 Å².